The number of aliphatic hydroxyl groups is 1. The van der Waals surface area contributed by atoms with Crippen LogP contribution < -0.4 is 10.6 Å². The molecule has 3 amide bonds. The predicted octanol–water partition coefficient (Wildman–Crippen LogP) is 0.391. The molecule has 0 spiro atoms. The maximum Gasteiger partial charge on any atom is 0.315 e. The summed E-state index contributed by atoms with van der Waals surface area (Å²) in [5.74, 6) is -0.0401. The van der Waals surface area contributed by atoms with Crippen molar-refractivity contribution in [1.82, 2.24) is 15.5 Å². The van der Waals surface area contributed by atoms with Gasteiger partial charge in [0, 0.05) is 20.1 Å². The molecule has 1 aliphatic heterocycles. The molecular formula is C16H27N3O4. The number of nitrogens with zero attached hydrogens (tertiary/aromatic N) is 1. The first-order chi connectivity index (χ1) is 11.0. The minimum absolute atomic E-state index is 0.0401. The van der Waals surface area contributed by atoms with Gasteiger partial charge in [-0.15, -0.1) is 0 Å². The lowest BCUT2D eigenvalue weighted by Gasteiger charge is -2.32. The van der Waals surface area contributed by atoms with Gasteiger partial charge < -0.3 is 25.4 Å². The van der Waals surface area contributed by atoms with Gasteiger partial charge in [0.15, 0.2) is 0 Å². The summed E-state index contributed by atoms with van der Waals surface area (Å²) in [4.78, 5) is 25.3. The quantitative estimate of drug-likeness (QED) is 0.638. The molecule has 3 atom stereocenters. The maximum atomic E-state index is 12.0. The van der Waals surface area contributed by atoms with Crippen LogP contribution in [-0.4, -0.2) is 66.9 Å². The van der Waals surface area contributed by atoms with Crippen molar-refractivity contribution in [2.24, 2.45) is 0 Å². The van der Waals surface area contributed by atoms with Crippen LogP contribution in [0.15, 0.2) is 12.2 Å². The van der Waals surface area contributed by atoms with Gasteiger partial charge in [-0.25, -0.2) is 4.79 Å². The van der Waals surface area contributed by atoms with Crippen LogP contribution in [0.25, 0.3) is 0 Å². The van der Waals surface area contributed by atoms with Crippen LogP contribution in [-0.2, 0) is 9.53 Å². The van der Waals surface area contributed by atoms with Gasteiger partial charge in [0.1, 0.15) is 6.10 Å². The largest absolute Gasteiger partial charge is 0.394 e. The summed E-state index contributed by atoms with van der Waals surface area (Å²) in [5, 5.41) is 15.3. The molecule has 0 saturated heterocycles. The highest BCUT2D eigenvalue weighted by atomic mass is 16.5. The van der Waals surface area contributed by atoms with Crippen molar-refractivity contribution >= 4 is 11.9 Å². The summed E-state index contributed by atoms with van der Waals surface area (Å²) in [6.07, 6.45) is 7.20. The van der Waals surface area contributed by atoms with E-state index in [-0.39, 0.29) is 37.1 Å². The van der Waals surface area contributed by atoms with E-state index in [9.17, 15) is 14.7 Å². The number of nitrogens with one attached hydrogen (secondary N) is 2. The minimum atomic E-state index is -0.547. The lowest BCUT2D eigenvalue weighted by atomic mass is 10.0. The third-order valence-electron chi connectivity index (χ3n) is 4.33. The van der Waals surface area contributed by atoms with Crippen molar-refractivity contribution in [1.29, 1.82) is 0 Å². The second kappa shape index (κ2) is 8.31. The van der Waals surface area contributed by atoms with Crippen LogP contribution in [0.5, 0.6) is 0 Å². The number of carbonyl (C=O) groups excluding carboxylic acids is 2. The monoisotopic (exact) mass is 325 g/mol. The van der Waals surface area contributed by atoms with Gasteiger partial charge in [0.2, 0.25) is 5.91 Å². The Hall–Kier alpha value is -1.60. The summed E-state index contributed by atoms with van der Waals surface area (Å²) in [6.45, 7) is -0.217. The molecule has 23 heavy (non-hydrogen) atoms. The Bertz CT molecular complexity index is 447. The number of ether oxygens (including phenoxy) is 1. The van der Waals surface area contributed by atoms with Gasteiger partial charge in [-0.3, -0.25) is 4.79 Å². The molecule has 2 aliphatic rings. The molecule has 3 N–H and O–H groups in total. The maximum absolute atomic E-state index is 12.0. The molecule has 0 radical (unpaired) electrons. The van der Waals surface area contributed by atoms with Crippen molar-refractivity contribution in [3.63, 3.8) is 0 Å². The Labute approximate surface area is 137 Å². The SMILES string of the molecule is CN(C)C(=O)C[C@H]1C=C[C@H](NC(=O)NC2CCCC2)[C@@H](CO)O1. The van der Waals surface area contributed by atoms with E-state index in [0.29, 0.717) is 0 Å². The zero-order chi connectivity index (χ0) is 16.8. The fourth-order valence-corrected chi connectivity index (χ4v) is 2.94. The van der Waals surface area contributed by atoms with Crippen LogP contribution >= 0.6 is 0 Å². The van der Waals surface area contributed by atoms with E-state index >= 15 is 0 Å². The Morgan fingerprint density at radius 3 is 2.52 bits per heavy atom. The average molecular weight is 325 g/mol. The molecule has 1 aliphatic carbocycles. The molecule has 1 fully saturated rings. The smallest absolute Gasteiger partial charge is 0.315 e. The molecule has 7 nitrogen and oxygen atoms in total. The summed E-state index contributed by atoms with van der Waals surface area (Å²) in [5.41, 5.74) is 0. The first-order valence-electron chi connectivity index (χ1n) is 8.21. The fraction of sp³-hybridized carbons (Fsp3) is 0.750. The van der Waals surface area contributed by atoms with Crippen LogP contribution in [0, 0.1) is 0 Å². The standard InChI is InChI=1S/C16H27N3O4/c1-19(2)15(21)9-12-7-8-13(14(10-20)23-12)18-16(22)17-11-5-3-4-6-11/h7-8,11-14,20H,3-6,9-10H2,1-2H3,(H2,17,18,22)/t12-,13+,14-/m1/s1. The lowest BCUT2D eigenvalue weighted by Crippen LogP contribution is -2.52. The number of urea groups is 1. The van der Waals surface area contributed by atoms with E-state index in [1.807, 2.05) is 0 Å². The van der Waals surface area contributed by atoms with Gasteiger partial charge in [0.05, 0.1) is 25.2 Å². The van der Waals surface area contributed by atoms with E-state index in [4.69, 9.17) is 4.74 Å². The number of carbonyl (C=O) groups is 2. The molecule has 1 heterocycles. The fourth-order valence-electron chi connectivity index (χ4n) is 2.94. The van der Waals surface area contributed by atoms with Crippen LogP contribution in [0.1, 0.15) is 32.1 Å². The predicted molar refractivity (Wildman–Crippen MR) is 85.9 cm³/mol. The molecule has 130 valence electrons. The number of rotatable bonds is 5. The van der Waals surface area contributed by atoms with Gasteiger partial charge in [-0.2, -0.15) is 0 Å². The van der Waals surface area contributed by atoms with E-state index in [1.54, 1.807) is 26.2 Å². The summed E-state index contributed by atoms with van der Waals surface area (Å²) in [6, 6.07) is -0.398. The van der Waals surface area contributed by atoms with Crippen molar-refractivity contribution in [2.45, 2.75) is 56.4 Å². The zero-order valence-corrected chi connectivity index (χ0v) is 13.8. The normalized spacial score (nSPS) is 27.7. The second-order valence-corrected chi connectivity index (χ2v) is 6.40. The summed E-state index contributed by atoms with van der Waals surface area (Å²) >= 11 is 0. The number of hydrogen-bond acceptors (Lipinski definition) is 4. The van der Waals surface area contributed by atoms with E-state index in [0.717, 1.165) is 25.7 Å². The first kappa shape index (κ1) is 17.7. The van der Waals surface area contributed by atoms with Crippen LogP contribution in [0.4, 0.5) is 4.79 Å². The van der Waals surface area contributed by atoms with Crippen molar-refractivity contribution in [2.75, 3.05) is 20.7 Å². The van der Waals surface area contributed by atoms with E-state index in [2.05, 4.69) is 10.6 Å². The Morgan fingerprint density at radius 1 is 1.22 bits per heavy atom. The lowest BCUT2D eigenvalue weighted by molar-refractivity contribution is -0.132. The van der Waals surface area contributed by atoms with Crippen LogP contribution in [0.2, 0.25) is 0 Å². The van der Waals surface area contributed by atoms with Gasteiger partial charge in [-0.05, 0) is 12.8 Å². The highest BCUT2D eigenvalue weighted by molar-refractivity contribution is 5.76. The number of hydrogen-bond donors (Lipinski definition) is 3. The van der Waals surface area contributed by atoms with Crippen molar-refractivity contribution in [3.8, 4) is 0 Å². The van der Waals surface area contributed by atoms with Crippen LogP contribution in [0.3, 0.4) is 0 Å². The summed E-state index contributed by atoms with van der Waals surface area (Å²) < 4.78 is 5.71. The molecule has 7 heteroatoms. The molecular weight excluding hydrogens is 298 g/mol. The Morgan fingerprint density at radius 2 is 1.91 bits per heavy atom. The van der Waals surface area contributed by atoms with Gasteiger partial charge >= 0.3 is 6.03 Å². The molecule has 1 saturated carbocycles. The number of aliphatic hydroxyl groups excluding tert-OH is 1. The molecule has 2 rings (SSSR count). The summed E-state index contributed by atoms with van der Waals surface area (Å²) in [7, 11) is 3.38. The highest BCUT2D eigenvalue weighted by Gasteiger charge is 2.29. The molecule has 0 bridgehead atoms. The Balaban J connectivity index is 1.86. The van der Waals surface area contributed by atoms with Crippen molar-refractivity contribution in [3.05, 3.63) is 12.2 Å². The third kappa shape index (κ3) is 5.21. The molecule has 0 aromatic carbocycles. The third-order valence-corrected chi connectivity index (χ3v) is 4.33. The van der Waals surface area contributed by atoms with E-state index < -0.39 is 12.1 Å². The minimum Gasteiger partial charge on any atom is -0.394 e. The zero-order valence-electron chi connectivity index (χ0n) is 13.8. The van der Waals surface area contributed by atoms with Gasteiger partial charge in [0.25, 0.3) is 0 Å². The number of amides is 3. The second-order valence-electron chi connectivity index (χ2n) is 6.40. The van der Waals surface area contributed by atoms with Gasteiger partial charge in [-0.1, -0.05) is 25.0 Å². The molecule has 0 aromatic heterocycles. The molecule has 0 unspecified atom stereocenters. The Kier molecular flexibility index (Phi) is 6.41. The first-order valence-corrected chi connectivity index (χ1v) is 8.21. The highest BCUT2D eigenvalue weighted by Crippen LogP contribution is 2.18. The van der Waals surface area contributed by atoms with E-state index in [1.165, 1.54) is 4.90 Å². The average Bonchev–Trinajstić information content (AvgIpc) is 3.01. The molecule has 0 aromatic rings. The van der Waals surface area contributed by atoms with Crippen molar-refractivity contribution < 1.29 is 19.4 Å². The topological polar surface area (TPSA) is 90.9 Å².